The fourth-order valence-electron chi connectivity index (χ4n) is 2.80. The van der Waals surface area contributed by atoms with Gasteiger partial charge in [0, 0.05) is 19.2 Å². The van der Waals surface area contributed by atoms with Gasteiger partial charge in [0.1, 0.15) is 0 Å². The summed E-state index contributed by atoms with van der Waals surface area (Å²) in [6.07, 6.45) is 7.77. The molecule has 1 saturated carbocycles. The molecule has 3 N–H and O–H groups in total. The van der Waals surface area contributed by atoms with Crippen molar-refractivity contribution in [3.8, 4) is 0 Å². The Morgan fingerprint density at radius 1 is 1.31 bits per heavy atom. The van der Waals surface area contributed by atoms with Crippen LogP contribution in [0.3, 0.4) is 0 Å². The van der Waals surface area contributed by atoms with E-state index in [0.29, 0.717) is 6.04 Å². The second kappa shape index (κ2) is 5.48. The summed E-state index contributed by atoms with van der Waals surface area (Å²) in [7, 11) is 0. The zero-order valence-corrected chi connectivity index (χ0v) is 10.5. The Bertz CT molecular complexity index is 214. The minimum absolute atomic E-state index is 0.0993. The lowest BCUT2D eigenvalue weighted by atomic mass is 9.99. The van der Waals surface area contributed by atoms with Crippen LogP contribution in [0.1, 0.15) is 45.4 Å². The first-order valence-corrected chi connectivity index (χ1v) is 6.78. The van der Waals surface area contributed by atoms with Crippen LogP contribution in [0.2, 0.25) is 0 Å². The number of nitrogens with two attached hydrogens (primary N) is 1. The van der Waals surface area contributed by atoms with E-state index in [4.69, 9.17) is 10.5 Å². The van der Waals surface area contributed by atoms with Crippen LogP contribution >= 0.6 is 0 Å². The molecule has 94 valence electrons. The molecule has 2 rings (SSSR count). The van der Waals surface area contributed by atoms with Crippen molar-refractivity contribution in [2.24, 2.45) is 11.7 Å². The Hall–Kier alpha value is -0.120. The normalized spacial score (nSPS) is 40.9. The van der Waals surface area contributed by atoms with Gasteiger partial charge in [-0.2, -0.15) is 0 Å². The lowest BCUT2D eigenvalue weighted by Crippen LogP contribution is -2.51. The number of ether oxygens (including phenoxy) is 1. The highest BCUT2D eigenvalue weighted by Crippen LogP contribution is 2.23. The Labute approximate surface area is 99.1 Å². The molecule has 1 aliphatic heterocycles. The smallest absolute Gasteiger partial charge is 0.0659 e. The van der Waals surface area contributed by atoms with Crippen molar-refractivity contribution in [3.63, 3.8) is 0 Å². The molecule has 0 radical (unpaired) electrons. The molecular weight excluding hydrogens is 200 g/mol. The van der Waals surface area contributed by atoms with Crippen molar-refractivity contribution in [1.29, 1.82) is 0 Å². The highest BCUT2D eigenvalue weighted by molar-refractivity contribution is 4.91. The van der Waals surface area contributed by atoms with Gasteiger partial charge < -0.3 is 15.8 Å². The van der Waals surface area contributed by atoms with E-state index in [9.17, 15) is 0 Å². The van der Waals surface area contributed by atoms with Gasteiger partial charge in [0.25, 0.3) is 0 Å². The van der Waals surface area contributed by atoms with Crippen molar-refractivity contribution in [2.45, 2.75) is 57.0 Å². The summed E-state index contributed by atoms with van der Waals surface area (Å²) in [6.45, 7) is 4.85. The number of rotatable bonds is 3. The average Bonchev–Trinajstić information content (AvgIpc) is 2.58. The monoisotopic (exact) mass is 226 g/mol. The predicted molar refractivity (Wildman–Crippen MR) is 66.4 cm³/mol. The number of hydrogen-bond donors (Lipinski definition) is 2. The molecule has 1 heterocycles. The molecular formula is C13H26N2O. The highest BCUT2D eigenvalue weighted by atomic mass is 16.5. The van der Waals surface area contributed by atoms with E-state index in [2.05, 4.69) is 12.2 Å². The number of hydrogen-bond acceptors (Lipinski definition) is 3. The molecule has 3 unspecified atom stereocenters. The fourth-order valence-corrected chi connectivity index (χ4v) is 2.80. The Morgan fingerprint density at radius 2 is 2.19 bits per heavy atom. The SMILES string of the molecule is CC1CCCC(NCC2(N)CCOC2)CC1. The molecule has 1 saturated heterocycles. The maximum atomic E-state index is 6.26. The van der Waals surface area contributed by atoms with E-state index >= 15 is 0 Å². The van der Waals surface area contributed by atoms with Gasteiger partial charge in [-0.1, -0.05) is 19.8 Å². The van der Waals surface area contributed by atoms with Gasteiger partial charge >= 0.3 is 0 Å². The summed E-state index contributed by atoms with van der Waals surface area (Å²) >= 11 is 0. The van der Waals surface area contributed by atoms with Crippen molar-refractivity contribution < 1.29 is 4.74 Å². The third-order valence-corrected chi connectivity index (χ3v) is 4.13. The third kappa shape index (κ3) is 3.44. The molecule has 0 aromatic heterocycles. The molecule has 0 bridgehead atoms. The molecule has 3 nitrogen and oxygen atoms in total. The minimum Gasteiger partial charge on any atom is -0.379 e. The first kappa shape index (κ1) is 12.3. The van der Waals surface area contributed by atoms with Crippen molar-refractivity contribution in [1.82, 2.24) is 5.32 Å². The summed E-state index contributed by atoms with van der Waals surface area (Å²) in [5, 5.41) is 3.66. The summed E-state index contributed by atoms with van der Waals surface area (Å²) in [4.78, 5) is 0. The van der Waals surface area contributed by atoms with Gasteiger partial charge in [-0.25, -0.2) is 0 Å². The Balaban J connectivity index is 1.72. The lowest BCUT2D eigenvalue weighted by molar-refractivity contribution is 0.176. The molecule has 3 heteroatoms. The van der Waals surface area contributed by atoms with Gasteiger partial charge in [0.15, 0.2) is 0 Å². The largest absolute Gasteiger partial charge is 0.379 e. The zero-order chi connectivity index (χ0) is 11.4. The molecule has 0 spiro atoms. The van der Waals surface area contributed by atoms with Gasteiger partial charge in [-0.05, 0) is 31.6 Å². The van der Waals surface area contributed by atoms with Crippen LogP contribution in [0.15, 0.2) is 0 Å². The lowest BCUT2D eigenvalue weighted by Gasteiger charge is -2.26. The predicted octanol–water partition coefficient (Wildman–Crippen LogP) is 1.66. The van der Waals surface area contributed by atoms with Crippen LogP contribution in [0.25, 0.3) is 0 Å². The summed E-state index contributed by atoms with van der Waals surface area (Å²) in [5.74, 6) is 0.911. The van der Waals surface area contributed by atoms with Crippen molar-refractivity contribution >= 4 is 0 Å². The first-order valence-electron chi connectivity index (χ1n) is 6.78. The van der Waals surface area contributed by atoms with E-state index in [1.54, 1.807) is 0 Å². The molecule has 0 aromatic carbocycles. The fraction of sp³-hybridized carbons (Fsp3) is 1.00. The van der Waals surface area contributed by atoms with Crippen LogP contribution in [0.5, 0.6) is 0 Å². The summed E-state index contributed by atoms with van der Waals surface area (Å²) < 4.78 is 5.38. The molecule has 0 amide bonds. The quantitative estimate of drug-likeness (QED) is 0.720. The van der Waals surface area contributed by atoms with E-state index < -0.39 is 0 Å². The molecule has 1 aliphatic carbocycles. The molecule has 0 aromatic rings. The van der Waals surface area contributed by atoms with Gasteiger partial charge in [0.2, 0.25) is 0 Å². The highest BCUT2D eigenvalue weighted by Gasteiger charge is 2.30. The minimum atomic E-state index is -0.0993. The molecule has 16 heavy (non-hydrogen) atoms. The Kier molecular flexibility index (Phi) is 4.22. The van der Waals surface area contributed by atoms with Crippen LogP contribution in [-0.4, -0.2) is 31.3 Å². The standard InChI is InChI=1S/C13H26N2O/c1-11-3-2-4-12(6-5-11)15-9-13(14)7-8-16-10-13/h11-12,15H,2-10,14H2,1H3. The second-order valence-electron chi connectivity index (χ2n) is 5.86. The van der Waals surface area contributed by atoms with Crippen molar-refractivity contribution in [3.05, 3.63) is 0 Å². The molecule has 3 atom stereocenters. The third-order valence-electron chi connectivity index (χ3n) is 4.13. The van der Waals surface area contributed by atoms with E-state index in [0.717, 1.165) is 32.1 Å². The summed E-state index contributed by atoms with van der Waals surface area (Å²) in [6, 6.07) is 0.686. The van der Waals surface area contributed by atoms with Crippen molar-refractivity contribution in [2.75, 3.05) is 19.8 Å². The zero-order valence-electron chi connectivity index (χ0n) is 10.5. The van der Waals surface area contributed by atoms with Crippen LogP contribution in [0.4, 0.5) is 0 Å². The molecule has 2 fully saturated rings. The van der Waals surface area contributed by atoms with Crippen LogP contribution < -0.4 is 11.1 Å². The Morgan fingerprint density at radius 3 is 2.94 bits per heavy atom. The maximum absolute atomic E-state index is 6.26. The van der Waals surface area contributed by atoms with Gasteiger partial charge in [0.05, 0.1) is 12.1 Å². The molecule has 2 aliphatic rings. The summed E-state index contributed by atoms with van der Waals surface area (Å²) in [5.41, 5.74) is 6.16. The average molecular weight is 226 g/mol. The van der Waals surface area contributed by atoms with Crippen LogP contribution in [-0.2, 0) is 4.74 Å². The van der Waals surface area contributed by atoms with Gasteiger partial charge in [-0.15, -0.1) is 0 Å². The van der Waals surface area contributed by atoms with Gasteiger partial charge in [-0.3, -0.25) is 0 Å². The van der Waals surface area contributed by atoms with E-state index in [-0.39, 0.29) is 5.54 Å². The van der Waals surface area contributed by atoms with E-state index in [1.165, 1.54) is 32.1 Å². The number of nitrogens with one attached hydrogen (secondary N) is 1. The first-order chi connectivity index (χ1) is 7.68. The maximum Gasteiger partial charge on any atom is 0.0659 e. The van der Waals surface area contributed by atoms with Crippen LogP contribution in [0, 0.1) is 5.92 Å². The topological polar surface area (TPSA) is 47.3 Å². The second-order valence-corrected chi connectivity index (χ2v) is 5.86. The van der Waals surface area contributed by atoms with E-state index in [1.807, 2.05) is 0 Å².